The summed E-state index contributed by atoms with van der Waals surface area (Å²) in [7, 11) is -2.81. The van der Waals surface area contributed by atoms with Crippen LogP contribution in [0.5, 0.6) is 0 Å². The fraction of sp³-hybridized carbons (Fsp3) is 1.00. The van der Waals surface area contributed by atoms with Crippen LogP contribution in [0.3, 0.4) is 0 Å². The van der Waals surface area contributed by atoms with Crippen LogP contribution >= 0.6 is 0 Å². The van der Waals surface area contributed by atoms with E-state index in [0.717, 1.165) is 0 Å². The van der Waals surface area contributed by atoms with E-state index in [9.17, 15) is 8.42 Å². The zero-order valence-corrected chi connectivity index (χ0v) is 10.6. The predicted octanol–water partition coefficient (Wildman–Crippen LogP) is 0.578. The third kappa shape index (κ3) is 4.49. The fourth-order valence-electron chi connectivity index (χ4n) is 1.80. The van der Waals surface area contributed by atoms with Crippen LogP contribution in [-0.4, -0.2) is 44.7 Å². The maximum absolute atomic E-state index is 11.3. The summed E-state index contributed by atoms with van der Waals surface area (Å²) in [6.45, 7) is 7.29. The maximum Gasteiger partial charge on any atom is 0.152 e. The van der Waals surface area contributed by atoms with Gasteiger partial charge in [0.2, 0.25) is 0 Å². The van der Waals surface area contributed by atoms with Crippen LogP contribution in [0.1, 0.15) is 27.2 Å². The van der Waals surface area contributed by atoms with Crippen molar-refractivity contribution in [2.45, 2.75) is 38.8 Å². The highest BCUT2D eigenvalue weighted by atomic mass is 32.2. The molecule has 0 bridgehead atoms. The first-order valence-electron chi connectivity index (χ1n) is 5.40. The van der Waals surface area contributed by atoms with Gasteiger partial charge in [-0.2, -0.15) is 0 Å². The van der Waals surface area contributed by atoms with Crippen LogP contribution in [0.15, 0.2) is 0 Å². The fourth-order valence-corrected chi connectivity index (χ4v) is 3.92. The molecule has 1 aliphatic rings. The molecule has 1 aliphatic heterocycles. The quantitative estimate of drug-likeness (QED) is 0.708. The number of hydrogen-bond acceptors (Lipinski definition) is 4. The second-order valence-corrected chi connectivity index (χ2v) is 6.93. The number of hydrogen-bond donors (Lipinski definition) is 1. The number of nitrogens with one attached hydrogen (secondary N) is 1. The molecule has 4 nitrogen and oxygen atoms in total. The van der Waals surface area contributed by atoms with E-state index in [1.165, 1.54) is 0 Å². The van der Waals surface area contributed by atoms with Crippen LogP contribution in [0.4, 0.5) is 0 Å². The molecule has 1 unspecified atom stereocenters. The van der Waals surface area contributed by atoms with Gasteiger partial charge in [0.25, 0.3) is 0 Å². The molecule has 0 amide bonds. The van der Waals surface area contributed by atoms with Gasteiger partial charge < -0.3 is 10.1 Å². The van der Waals surface area contributed by atoms with Crippen molar-refractivity contribution < 1.29 is 13.2 Å². The maximum atomic E-state index is 11.3. The average molecular weight is 235 g/mol. The van der Waals surface area contributed by atoms with Crippen LogP contribution in [0, 0.1) is 0 Å². The van der Waals surface area contributed by atoms with Gasteiger partial charge in [-0.3, -0.25) is 0 Å². The van der Waals surface area contributed by atoms with E-state index in [1.807, 2.05) is 20.8 Å². The Morgan fingerprint density at radius 2 is 2.13 bits per heavy atom. The molecule has 0 aromatic carbocycles. The van der Waals surface area contributed by atoms with Crippen molar-refractivity contribution in [3.05, 3.63) is 0 Å². The van der Waals surface area contributed by atoms with E-state index in [0.29, 0.717) is 25.3 Å². The SMILES string of the molecule is CC(C)OCCNC1(C)CCS(=O)(=O)C1. The van der Waals surface area contributed by atoms with Gasteiger partial charge in [0.05, 0.1) is 24.2 Å². The van der Waals surface area contributed by atoms with E-state index in [4.69, 9.17) is 4.74 Å². The summed E-state index contributed by atoms with van der Waals surface area (Å²) in [6, 6.07) is 0. The van der Waals surface area contributed by atoms with E-state index in [2.05, 4.69) is 5.32 Å². The van der Waals surface area contributed by atoms with E-state index >= 15 is 0 Å². The Morgan fingerprint density at radius 1 is 1.47 bits per heavy atom. The zero-order valence-electron chi connectivity index (χ0n) is 9.75. The topological polar surface area (TPSA) is 55.4 Å². The number of sulfone groups is 1. The third-order valence-electron chi connectivity index (χ3n) is 2.61. The third-order valence-corrected chi connectivity index (χ3v) is 4.51. The summed E-state index contributed by atoms with van der Waals surface area (Å²) in [5.41, 5.74) is -0.251. The number of rotatable bonds is 5. The lowest BCUT2D eigenvalue weighted by atomic mass is 10.0. The Morgan fingerprint density at radius 3 is 2.60 bits per heavy atom. The molecule has 0 spiro atoms. The lowest BCUT2D eigenvalue weighted by Gasteiger charge is -2.24. The van der Waals surface area contributed by atoms with Crippen molar-refractivity contribution >= 4 is 9.84 Å². The Bertz CT molecular complexity index is 300. The highest BCUT2D eigenvalue weighted by molar-refractivity contribution is 7.91. The molecule has 90 valence electrons. The summed E-state index contributed by atoms with van der Waals surface area (Å²) < 4.78 is 28.0. The summed E-state index contributed by atoms with van der Waals surface area (Å²) in [5.74, 6) is 0.559. The highest BCUT2D eigenvalue weighted by Crippen LogP contribution is 2.22. The zero-order chi connectivity index (χ0) is 11.5. The van der Waals surface area contributed by atoms with E-state index in [-0.39, 0.29) is 17.4 Å². The van der Waals surface area contributed by atoms with Crippen molar-refractivity contribution in [2.75, 3.05) is 24.7 Å². The van der Waals surface area contributed by atoms with Gasteiger partial charge in [-0.1, -0.05) is 0 Å². The van der Waals surface area contributed by atoms with Gasteiger partial charge in [0, 0.05) is 12.1 Å². The lowest BCUT2D eigenvalue weighted by molar-refractivity contribution is 0.0772. The number of ether oxygens (including phenoxy) is 1. The van der Waals surface area contributed by atoms with Gasteiger partial charge in [-0.25, -0.2) is 8.42 Å². The van der Waals surface area contributed by atoms with Crippen LogP contribution in [0.25, 0.3) is 0 Å². The predicted molar refractivity (Wildman–Crippen MR) is 60.8 cm³/mol. The average Bonchev–Trinajstić information content (AvgIpc) is 2.35. The standard InChI is InChI=1S/C10H21NO3S/c1-9(2)14-6-5-11-10(3)4-7-15(12,13)8-10/h9,11H,4-8H2,1-3H3. The minimum atomic E-state index is -2.81. The Labute approximate surface area is 92.3 Å². The molecule has 15 heavy (non-hydrogen) atoms. The molecular weight excluding hydrogens is 214 g/mol. The lowest BCUT2D eigenvalue weighted by Crippen LogP contribution is -2.45. The molecule has 0 aromatic heterocycles. The van der Waals surface area contributed by atoms with Gasteiger partial charge in [0.1, 0.15) is 0 Å². The Balaban J connectivity index is 2.27. The summed E-state index contributed by atoms with van der Waals surface area (Å²) in [5, 5.41) is 3.26. The summed E-state index contributed by atoms with van der Waals surface area (Å²) in [4.78, 5) is 0. The minimum Gasteiger partial charge on any atom is -0.377 e. The first-order valence-corrected chi connectivity index (χ1v) is 7.22. The van der Waals surface area contributed by atoms with Gasteiger partial charge in [-0.15, -0.1) is 0 Å². The molecule has 1 saturated heterocycles. The molecule has 1 atom stereocenters. The molecule has 1 fully saturated rings. The summed E-state index contributed by atoms with van der Waals surface area (Å²) >= 11 is 0. The monoisotopic (exact) mass is 235 g/mol. The molecule has 0 aliphatic carbocycles. The van der Waals surface area contributed by atoms with Crippen molar-refractivity contribution in [2.24, 2.45) is 0 Å². The van der Waals surface area contributed by atoms with Crippen molar-refractivity contribution in [3.63, 3.8) is 0 Å². The molecule has 0 saturated carbocycles. The van der Waals surface area contributed by atoms with Gasteiger partial charge in [-0.05, 0) is 27.2 Å². The molecule has 5 heteroatoms. The molecule has 1 heterocycles. The van der Waals surface area contributed by atoms with Gasteiger partial charge in [0.15, 0.2) is 9.84 Å². The molecule has 0 radical (unpaired) electrons. The van der Waals surface area contributed by atoms with E-state index < -0.39 is 9.84 Å². The molecule has 1 rings (SSSR count). The normalized spacial score (nSPS) is 29.9. The molecule has 1 N–H and O–H groups in total. The molecule has 0 aromatic rings. The van der Waals surface area contributed by atoms with Crippen LogP contribution in [-0.2, 0) is 14.6 Å². The Kier molecular flexibility index (Phi) is 4.14. The largest absolute Gasteiger partial charge is 0.377 e. The first kappa shape index (κ1) is 12.9. The minimum absolute atomic E-state index is 0.229. The van der Waals surface area contributed by atoms with Crippen LogP contribution in [0.2, 0.25) is 0 Å². The second kappa shape index (κ2) is 4.80. The smallest absolute Gasteiger partial charge is 0.152 e. The summed E-state index contributed by atoms with van der Waals surface area (Å²) in [6.07, 6.45) is 0.934. The second-order valence-electron chi connectivity index (χ2n) is 4.75. The van der Waals surface area contributed by atoms with Gasteiger partial charge >= 0.3 is 0 Å². The van der Waals surface area contributed by atoms with Crippen molar-refractivity contribution in [3.8, 4) is 0 Å². The highest BCUT2D eigenvalue weighted by Gasteiger charge is 2.37. The van der Waals surface area contributed by atoms with E-state index in [1.54, 1.807) is 0 Å². The first-order chi connectivity index (χ1) is 6.83. The molecular formula is C10H21NO3S. The Hall–Kier alpha value is -0.130. The van der Waals surface area contributed by atoms with Crippen LogP contribution < -0.4 is 5.32 Å². The van der Waals surface area contributed by atoms with Crippen molar-refractivity contribution in [1.82, 2.24) is 5.32 Å². The van der Waals surface area contributed by atoms with Crippen molar-refractivity contribution in [1.29, 1.82) is 0 Å².